The van der Waals surface area contributed by atoms with Crippen LogP contribution in [0, 0.1) is 0 Å². The monoisotopic (exact) mass is 473 g/mol. The number of para-hydroxylation sites is 2. The minimum atomic E-state index is -3.90. The molecule has 0 bridgehead atoms. The summed E-state index contributed by atoms with van der Waals surface area (Å²) in [6.07, 6.45) is 0.762. The number of carbonyl (C=O) groups is 1. The highest BCUT2D eigenvalue weighted by Crippen LogP contribution is 2.38. The molecule has 0 unspecified atom stereocenters. The van der Waals surface area contributed by atoms with Crippen molar-refractivity contribution >= 4 is 38.1 Å². The predicted molar refractivity (Wildman–Crippen MR) is 131 cm³/mol. The van der Waals surface area contributed by atoms with Crippen molar-refractivity contribution < 1.29 is 18.3 Å². The minimum absolute atomic E-state index is 0.00506. The van der Waals surface area contributed by atoms with E-state index in [1.165, 1.54) is 18.2 Å². The average molecular weight is 474 g/mol. The van der Waals surface area contributed by atoms with E-state index >= 15 is 0 Å². The summed E-state index contributed by atoms with van der Waals surface area (Å²) in [5.41, 5.74) is 2.93. The second-order valence-electron chi connectivity index (χ2n) is 8.05. The van der Waals surface area contributed by atoms with Crippen molar-refractivity contribution in [3.05, 3.63) is 88.4 Å². The van der Waals surface area contributed by atoms with Crippen molar-refractivity contribution in [3.8, 4) is 5.88 Å². The second-order valence-corrected chi connectivity index (χ2v) is 9.73. The van der Waals surface area contributed by atoms with Crippen LogP contribution in [0.15, 0.2) is 76.6 Å². The number of hydrogen-bond donors (Lipinski definition) is 2. The van der Waals surface area contributed by atoms with Gasteiger partial charge >= 0.3 is 0 Å². The van der Waals surface area contributed by atoms with Crippen LogP contribution in [-0.2, 0) is 27.8 Å². The molecule has 5 rings (SSSR count). The quantitative estimate of drug-likeness (QED) is 0.449. The third-order valence-corrected chi connectivity index (χ3v) is 7.47. The molecule has 0 saturated carbocycles. The summed E-state index contributed by atoms with van der Waals surface area (Å²) in [6.45, 7) is 4.48. The Hall–Kier alpha value is -3.91. The van der Waals surface area contributed by atoms with Gasteiger partial charge in [-0.3, -0.25) is 9.52 Å². The molecule has 0 fully saturated rings. The second kappa shape index (κ2) is 8.14. The Balaban J connectivity index is 1.77. The van der Waals surface area contributed by atoms with E-state index in [0.717, 1.165) is 22.9 Å². The van der Waals surface area contributed by atoms with Gasteiger partial charge in [-0.15, -0.1) is 0 Å². The number of benzene rings is 3. The number of fused-ring (bicyclic) bond motifs is 2. The molecule has 1 amide bonds. The summed E-state index contributed by atoms with van der Waals surface area (Å²) in [7, 11) is -3.90. The lowest BCUT2D eigenvalue weighted by molar-refractivity contribution is -0.112. The maximum absolute atomic E-state index is 13.0. The van der Waals surface area contributed by atoms with E-state index < -0.39 is 15.9 Å². The SMILES string of the molecule is CCc1cccc2c(C3=c4cc(S(=O)(=O)Nc5ccccc5)ccc4=NC3=O)c(O)n(CC)c12. The van der Waals surface area contributed by atoms with Gasteiger partial charge in [0.15, 0.2) is 5.88 Å². The predicted octanol–water partition coefficient (Wildman–Crippen LogP) is 3.09. The number of anilines is 1. The van der Waals surface area contributed by atoms with Crippen LogP contribution in [0.25, 0.3) is 16.5 Å². The standard InChI is InChI=1S/C26H23N3O4S/c1-3-16-9-8-12-19-23(26(31)29(4-2)24(16)19)22-20-15-18(13-14-21(20)27-25(22)30)34(32,33)28-17-10-6-5-7-11-17/h5-15,28,31H,3-4H2,1-2H3. The summed E-state index contributed by atoms with van der Waals surface area (Å²) in [5, 5.41) is 12.7. The van der Waals surface area contributed by atoms with E-state index in [-0.39, 0.29) is 16.3 Å². The van der Waals surface area contributed by atoms with Crippen LogP contribution in [0.3, 0.4) is 0 Å². The van der Waals surface area contributed by atoms with Crippen LogP contribution in [-0.4, -0.2) is 24.0 Å². The van der Waals surface area contributed by atoms with E-state index in [9.17, 15) is 18.3 Å². The van der Waals surface area contributed by atoms with Gasteiger partial charge in [0.05, 0.1) is 26.9 Å². The summed E-state index contributed by atoms with van der Waals surface area (Å²) in [5.74, 6) is -0.534. The van der Waals surface area contributed by atoms with Gasteiger partial charge in [-0.1, -0.05) is 43.3 Å². The topological polar surface area (TPSA) is 101 Å². The number of aryl methyl sites for hydroxylation is 2. The Labute approximate surface area is 196 Å². The molecule has 4 aromatic rings. The number of hydrogen-bond acceptors (Lipinski definition) is 4. The lowest BCUT2D eigenvalue weighted by Crippen LogP contribution is -2.26. The maximum Gasteiger partial charge on any atom is 0.279 e. The Morgan fingerprint density at radius 2 is 1.76 bits per heavy atom. The molecule has 1 aromatic heterocycles. The molecular formula is C26H23N3O4S. The third kappa shape index (κ3) is 3.38. The van der Waals surface area contributed by atoms with E-state index in [2.05, 4.69) is 9.71 Å². The highest BCUT2D eigenvalue weighted by atomic mass is 32.2. The first-order valence-corrected chi connectivity index (χ1v) is 12.5. The van der Waals surface area contributed by atoms with Crippen LogP contribution in [0.5, 0.6) is 5.88 Å². The van der Waals surface area contributed by atoms with E-state index in [1.54, 1.807) is 34.9 Å². The summed E-state index contributed by atoms with van der Waals surface area (Å²) in [6, 6.07) is 18.7. The molecule has 3 aromatic carbocycles. The van der Waals surface area contributed by atoms with Gasteiger partial charge in [0.2, 0.25) is 0 Å². The molecule has 34 heavy (non-hydrogen) atoms. The van der Waals surface area contributed by atoms with Crippen molar-refractivity contribution in [3.63, 3.8) is 0 Å². The number of amides is 1. The third-order valence-electron chi connectivity index (χ3n) is 6.09. The Bertz CT molecular complexity index is 1690. The van der Waals surface area contributed by atoms with Gasteiger partial charge in [0, 0.05) is 22.8 Å². The molecule has 172 valence electrons. The van der Waals surface area contributed by atoms with Gasteiger partial charge < -0.3 is 9.67 Å². The van der Waals surface area contributed by atoms with Crippen molar-refractivity contribution in [2.24, 2.45) is 4.99 Å². The summed E-state index contributed by atoms with van der Waals surface area (Å²) < 4.78 is 30.4. The van der Waals surface area contributed by atoms with Crippen molar-refractivity contribution in [1.29, 1.82) is 0 Å². The zero-order valence-corrected chi connectivity index (χ0v) is 19.6. The highest BCUT2D eigenvalue weighted by molar-refractivity contribution is 7.92. The lowest BCUT2D eigenvalue weighted by atomic mass is 10.00. The van der Waals surface area contributed by atoms with Gasteiger partial charge in [-0.2, -0.15) is 0 Å². The van der Waals surface area contributed by atoms with E-state index in [0.29, 0.717) is 28.4 Å². The summed E-state index contributed by atoms with van der Waals surface area (Å²) >= 11 is 0. The average Bonchev–Trinajstić information content (AvgIpc) is 3.30. The number of nitrogens with zero attached hydrogens (tertiary/aromatic N) is 2. The first-order valence-electron chi connectivity index (χ1n) is 11.0. The zero-order valence-electron chi connectivity index (χ0n) is 18.7. The molecule has 0 spiro atoms. The number of nitrogens with one attached hydrogen (secondary N) is 1. The van der Waals surface area contributed by atoms with E-state index in [1.807, 2.05) is 32.0 Å². The fourth-order valence-corrected chi connectivity index (χ4v) is 5.62. The molecular weight excluding hydrogens is 450 g/mol. The first-order chi connectivity index (χ1) is 16.4. The normalized spacial score (nSPS) is 13.2. The molecule has 0 radical (unpaired) electrons. The smallest absolute Gasteiger partial charge is 0.279 e. The minimum Gasteiger partial charge on any atom is -0.494 e. The number of rotatable bonds is 6. The Morgan fingerprint density at radius 1 is 1.00 bits per heavy atom. The van der Waals surface area contributed by atoms with Gasteiger partial charge in [0.25, 0.3) is 15.9 Å². The fourth-order valence-electron chi connectivity index (χ4n) is 4.54. The largest absolute Gasteiger partial charge is 0.494 e. The van der Waals surface area contributed by atoms with Crippen LogP contribution in [0.4, 0.5) is 5.69 Å². The lowest BCUT2D eigenvalue weighted by Gasteiger charge is -2.08. The van der Waals surface area contributed by atoms with E-state index in [4.69, 9.17) is 0 Å². The first kappa shape index (κ1) is 21.9. The van der Waals surface area contributed by atoms with Crippen LogP contribution in [0.1, 0.15) is 25.0 Å². The molecule has 1 aliphatic rings. The van der Waals surface area contributed by atoms with Gasteiger partial charge in [0.1, 0.15) is 0 Å². The number of sulfonamides is 1. The zero-order chi connectivity index (χ0) is 24.0. The van der Waals surface area contributed by atoms with Crippen LogP contribution >= 0.6 is 0 Å². The maximum atomic E-state index is 13.0. The molecule has 0 saturated heterocycles. The molecule has 1 aliphatic heterocycles. The molecule has 2 heterocycles. The summed E-state index contributed by atoms with van der Waals surface area (Å²) in [4.78, 5) is 17.2. The Morgan fingerprint density at radius 3 is 2.47 bits per heavy atom. The van der Waals surface area contributed by atoms with Crippen molar-refractivity contribution in [1.82, 2.24) is 4.57 Å². The molecule has 8 heteroatoms. The van der Waals surface area contributed by atoms with Crippen LogP contribution < -0.4 is 15.3 Å². The van der Waals surface area contributed by atoms with Gasteiger partial charge in [-0.25, -0.2) is 13.4 Å². The fraction of sp³-hybridized carbons (Fsp3) is 0.154. The van der Waals surface area contributed by atoms with Crippen molar-refractivity contribution in [2.45, 2.75) is 31.7 Å². The molecule has 0 atom stereocenters. The number of aromatic nitrogens is 1. The molecule has 7 nitrogen and oxygen atoms in total. The molecule has 0 aliphatic carbocycles. The number of aromatic hydroxyl groups is 1. The van der Waals surface area contributed by atoms with Gasteiger partial charge in [-0.05, 0) is 49.2 Å². The van der Waals surface area contributed by atoms with Crippen LogP contribution in [0.2, 0.25) is 0 Å². The van der Waals surface area contributed by atoms with Crippen molar-refractivity contribution in [2.75, 3.05) is 4.72 Å². The molecule has 2 N–H and O–H groups in total. The Kier molecular flexibility index (Phi) is 5.25. The number of carbonyl (C=O) groups excluding carboxylic acids is 1. The highest BCUT2D eigenvalue weighted by Gasteiger charge is 2.28.